The van der Waals surface area contributed by atoms with Gasteiger partial charge in [0, 0.05) is 32.4 Å². The largest absolute Gasteiger partial charge is 0.361 e. The highest BCUT2D eigenvalue weighted by molar-refractivity contribution is 14.1. The molecule has 5 rings (SSSR count). The van der Waals surface area contributed by atoms with E-state index in [1.54, 1.807) is 23.1 Å². The summed E-state index contributed by atoms with van der Waals surface area (Å²) in [5.74, 6) is -0.564. The Bertz CT molecular complexity index is 1280. The van der Waals surface area contributed by atoms with E-state index in [0.29, 0.717) is 5.56 Å². The van der Waals surface area contributed by atoms with Crippen molar-refractivity contribution in [3.05, 3.63) is 104 Å². The van der Waals surface area contributed by atoms with E-state index in [2.05, 4.69) is 27.6 Å². The predicted molar refractivity (Wildman–Crippen MR) is 124 cm³/mol. The summed E-state index contributed by atoms with van der Waals surface area (Å²) in [6.07, 6.45) is 1.85. The van der Waals surface area contributed by atoms with Crippen LogP contribution in [0.4, 0.5) is 11.4 Å². The number of para-hydroxylation sites is 2. The number of hydrogen-bond donors (Lipinski definition) is 1. The molecule has 148 valence electrons. The fourth-order valence-electron chi connectivity index (χ4n) is 4.26. The molecule has 1 fully saturated rings. The normalized spacial score (nSPS) is 18.4. The van der Waals surface area contributed by atoms with E-state index in [1.807, 2.05) is 54.7 Å². The molecule has 0 radical (unpaired) electrons. The van der Waals surface area contributed by atoms with Crippen molar-refractivity contribution in [1.29, 1.82) is 0 Å². The van der Waals surface area contributed by atoms with Crippen LogP contribution in [0.15, 0.2) is 79.0 Å². The lowest BCUT2D eigenvalue weighted by atomic mass is 9.76. The first-order valence-corrected chi connectivity index (χ1v) is 10.5. The van der Waals surface area contributed by atoms with Crippen LogP contribution in [0.3, 0.4) is 0 Å². The zero-order valence-electron chi connectivity index (χ0n) is 15.7. The zero-order chi connectivity index (χ0) is 20.8. The lowest BCUT2D eigenvalue weighted by molar-refractivity contribution is -0.385. The molecule has 1 N–H and O–H groups in total. The summed E-state index contributed by atoms with van der Waals surface area (Å²) in [6.45, 7) is 0. The van der Waals surface area contributed by atoms with Crippen molar-refractivity contribution in [2.24, 2.45) is 0 Å². The van der Waals surface area contributed by atoms with Crippen LogP contribution in [0.1, 0.15) is 23.1 Å². The van der Waals surface area contributed by atoms with E-state index in [4.69, 9.17) is 0 Å². The number of aromatic amines is 1. The summed E-state index contributed by atoms with van der Waals surface area (Å²) in [6, 6.07) is 21.6. The number of fused-ring (bicyclic) bond motifs is 1. The second-order valence-corrected chi connectivity index (χ2v) is 8.46. The van der Waals surface area contributed by atoms with Crippen LogP contribution in [0.25, 0.3) is 10.9 Å². The van der Waals surface area contributed by atoms with Gasteiger partial charge in [-0.1, -0.05) is 36.4 Å². The molecule has 2 atom stereocenters. The van der Waals surface area contributed by atoms with E-state index in [1.165, 1.54) is 6.07 Å². The summed E-state index contributed by atoms with van der Waals surface area (Å²) in [7, 11) is 0. The molecule has 1 aliphatic heterocycles. The number of H-pyrrole nitrogens is 1. The number of hydrogen-bond acceptors (Lipinski definition) is 3. The van der Waals surface area contributed by atoms with Crippen molar-refractivity contribution in [2.45, 2.75) is 12.0 Å². The van der Waals surface area contributed by atoms with Gasteiger partial charge in [-0.05, 0) is 58.5 Å². The van der Waals surface area contributed by atoms with Crippen LogP contribution in [0, 0.1) is 13.7 Å². The van der Waals surface area contributed by atoms with Gasteiger partial charge in [0.2, 0.25) is 5.91 Å². The minimum Gasteiger partial charge on any atom is -0.361 e. The Morgan fingerprint density at radius 3 is 2.40 bits per heavy atom. The molecular weight excluding hydrogens is 493 g/mol. The number of nitrogens with zero attached hydrogens (tertiary/aromatic N) is 2. The Hall–Kier alpha value is -3.20. The number of amides is 1. The Morgan fingerprint density at radius 1 is 0.933 bits per heavy atom. The Kier molecular flexibility index (Phi) is 4.54. The first kappa shape index (κ1) is 18.8. The van der Waals surface area contributed by atoms with Gasteiger partial charge in [0.1, 0.15) is 0 Å². The first-order chi connectivity index (χ1) is 14.6. The van der Waals surface area contributed by atoms with Crippen molar-refractivity contribution < 1.29 is 9.72 Å². The Morgan fingerprint density at radius 2 is 1.63 bits per heavy atom. The minimum absolute atomic E-state index is 0.0235. The molecule has 2 heterocycles. The second-order valence-electron chi connectivity index (χ2n) is 7.21. The summed E-state index contributed by atoms with van der Waals surface area (Å²) < 4.78 is 1.06. The lowest BCUT2D eigenvalue weighted by Crippen LogP contribution is -2.53. The maximum atomic E-state index is 13.4. The number of β-lactam (4-membered cyclic amide) rings is 1. The van der Waals surface area contributed by atoms with E-state index in [9.17, 15) is 14.9 Å². The van der Waals surface area contributed by atoms with E-state index in [0.717, 1.165) is 25.7 Å². The molecule has 6 nitrogen and oxygen atoms in total. The molecule has 4 aromatic rings. The number of aromatic nitrogens is 1. The first-order valence-electron chi connectivity index (χ1n) is 9.44. The van der Waals surface area contributed by atoms with Crippen molar-refractivity contribution in [3.63, 3.8) is 0 Å². The maximum absolute atomic E-state index is 13.4. The lowest BCUT2D eigenvalue weighted by Gasteiger charge is -2.47. The molecule has 1 aliphatic rings. The standard InChI is InChI=1S/C23H16IN3O3/c24-14-9-11-15(12-10-14)26-22(17-6-2-4-8-20(17)27(29)30)21(23(26)28)18-13-25-19-7-3-1-5-16(18)19/h1-13,21-22,25H. The summed E-state index contributed by atoms with van der Waals surface area (Å²) in [5.41, 5.74) is 3.10. The van der Waals surface area contributed by atoms with Crippen LogP contribution in [0.2, 0.25) is 0 Å². The van der Waals surface area contributed by atoms with E-state index < -0.39 is 12.0 Å². The molecule has 1 aromatic heterocycles. The third-order valence-electron chi connectivity index (χ3n) is 5.61. The van der Waals surface area contributed by atoms with Gasteiger partial charge < -0.3 is 9.88 Å². The average molecular weight is 509 g/mol. The van der Waals surface area contributed by atoms with E-state index >= 15 is 0 Å². The Labute approximate surface area is 185 Å². The Balaban J connectivity index is 1.68. The van der Waals surface area contributed by atoms with Gasteiger partial charge in [-0.15, -0.1) is 0 Å². The van der Waals surface area contributed by atoms with Crippen LogP contribution in [-0.4, -0.2) is 15.8 Å². The van der Waals surface area contributed by atoms with Crippen molar-refractivity contribution in [1.82, 2.24) is 4.98 Å². The van der Waals surface area contributed by atoms with Crippen molar-refractivity contribution in [2.75, 3.05) is 4.90 Å². The third kappa shape index (κ3) is 2.88. The molecule has 0 saturated carbocycles. The number of nitrogens with one attached hydrogen (secondary N) is 1. The van der Waals surface area contributed by atoms with Crippen LogP contribution >= 0.6 is 22.6 Å². The third-order valence-corrected chi connectivity index (χ3v) is 6.33. The minimum atomic E-state index is -0.499. The monoisotopic (exact) mass is 509 g/mol. The van der Waals surface area contributed by atoms with Gasteiger partial charge in [0.25, 0.3) is 5.69 Å². The molecule has 0 spiro atoms. The fourth-order valence-corrected chi connectivity index (χ4v) is 4.61. The highest BCUT2D eigenvalue weighted by Crippen LogP contribution is 2.52. The van der Waals surface area contributed by atoms with Gasteiger partial charge in [0.15, 0.2) is 0 Å². The highest BCUT2D eigenvalue weighted by atomic mass is 127. The van der Waals surface area contributed by atoms with Crippen molar-refractivity contribution >= 4 is 50.8 Å². The summed E-state index contributed by atoms with van der Waals surface area (Å²) in [5, 5.41) is 12.7. The van der Waals surface area contributed by atoms with E-state index in [-0.39, 0.29) is 16.5 Å². The number of halogens is 1. The molecule has 1 saturated heterocycles. The number of benzene rings is 3. The van der Waals surface area contributed by atoms with Crippen LogP contribution < -0.4 is 4.90 Å². The molecular formula is C23H16IN3O3. The second kappa shape index (κ2) is 7.24. The van der Waals surface area contributed by atoms with Gasteiger partial charge in [-0.3, -0.25) is 14.9 Å². The van der Waals surface area contributed by atoms with Crippen molar-refractivity contribution in [3.8, 4) is 0 Å². The quantitative estimate of drug-likeness (QED) is 0.170. The van der Waals surface area contributed by atoms with Crippen LogP contribution in [0.5, 0.6) is 0 Å². The number of nitro benzene ring substituents is 1. The van der Waals surface area contributed by atoms with Gasteiger partial charge in [-0.25, -0.2) is 0 Å². The smallest absolute Gasteiger partial charge is 0.274 e. The van der Waals surface area contributed by atoms with Gasteiger partial charge in [-0.2, -0.15) is 0 Å². The molecule has 0 bridgehead atoms. The predicted octanol–water partition coefficient (Wildman–Crippen LogP) is 5.55. The maximum Gasteiger partial charge on any atom is 0.274 e. The number of nitro groups is 1. The van der Waals surface area contributed by atoms with Crippen LogP contribution in [-0.2, 0) is 4.79 Å². The number of rotatable bonds is 4. The molecule has 2 unspecified atom stereocenters. The summed E-state index contributed by atoms with van der Waals surface area (Å²) in [4.78, 5) is 29.6. The fraction of sp³-hybridized carbons (Fsp3) is 0.0870. The molecule has 1 amide bonds. The topological polar surface area (TPSA) is 79.2 Å². The summed E-state index contributed by atoms with van der Waals surface area (Å²) >= 11 is 2.21. The number of carbonyl (C=O) groups is 1. The number of carbonyl (C=O) groups excluding carboxylic acids is 1. The molecule has 3 aromatic carbocycles. The highest BCUT2D eigenvalue weighted by Gasteiger charge is 2.52. The molecule has 7 heteroatoms. The zero-order valence-corrected chi connectivity index (χ0v) is 17.8. The average Bonchev–Trinajstić information content (AvgIpc) is 3.17. The SMILES string of the molecule is O=C1C(c2c[nH]c3ccccc23)C(c2ccccc2[N+](=O)[O-])N1c1ccc(I)cc1. The van der Waals surface area contributed by atoms with Gasteiger partial charge in [0.05, 0.1) is 22.4 Å². The van der Waals surface area contributed by atoms with Gasteiger partial charge >= 0.3 is 0 Å². The number of anilines is 1. The molecule has 30 heavy (non-hydrogen) atoms. The molecule has 0 aliphatic carbocycles.